The van der Waals surface area contributed by atoms with Crippen molar-refractivity contribution in [3.63, 3.8) is 0 Å². The molecule has 0 N–H and O–H groups in total. The number of amides is 2. The Morgan fingerprint density at radius 3 is 2.47 bits per heavy atom. The SMILES string of the molecule is C[C@@H]1CC[C@H]2C(=O)N(c3cccc(-c4cc(C(=O)OCC(=O)C(C)(C)C)c5ccccc5n4)c3)C(=O)[C@H]2C1. The molecule has 1 saturated heterocycles. The molecule has 3 aromatic rings. The number of rotatable bonds is 5. The van der Waals surface area contributed by atoms with E-state index in [1.165, 1.54) is 4.90 Å². The van der Waals surface area contributed by atoms with Gasteiger partial charge in [0.1, 0.15) is 0 Å². The van der Waals surface area contributed by atoms with Crippen molar-refractivity contribution in [2.75, 3.05) is 11.5 Å². The van der Waals surface area contributed by atoms with Gasteiger partial charge in [0.2, 0.25) is 11.8 Å². The van der Waals surface area contributed by atoms with Crippen LogP contribution in [0.1, 0.15) is 57.3 Å². The summed E-state index contributed by atoms with van der Waals surface area (Å²) in [6.07, 6.45) is 2.43. The van der Waals surface area contributed by atoms with Gasteiger partial charge in [-0.15, -0.1) is 0 Å². The van der Waals surface area contributed by atoms with Crippen LogP contribution in [0.2, 0.25) is 0 Å². The highest BCUT2D eigenvalue weighted by Crippen LogP contribution is 2.42. The van der Waals surface area contributed by atoms with E-state index in [-0.39, 0.29) is 36.0 Å². The predicted molar refractivity (Wildman–Crippen MR) is 144 cm³/mol. The Hall–Kier alpha value is -3.87. The Morgan fingerprint density at radius 2 is 1.71 bits per heavy atom. The maximum atomic E-state index is 13.3. The number of benzene rings is 2. The molecule has 0 spiro atoms. The Morgan fingerprint density at radius 1 is 0.974 bits per heavy atom. The third-order valence-corrected chi connectivity index (χ3v) is 7.69. The standard InChI is InChI=1S/C31H32N2O5/c1-18-12-13-22-23(14-18)29(36)33(28(22)35)20-9-7-8-19(15-20)26-16-24(21-10-5-6-11-25(21)32-26)30(37)38-17-27(34)31(2,3)4/h5-11,15-16,18,22-23H,12-14,17H2,1-4H3/t18-,22-,23+/m1/s1. The number of imide groups is 1. The summed E-state index contributed by atoms with van der Waals surface area (Å²) in [5, 5.41) is 0.615. The van der Waals surface area contributed by atoms with Crippen molar-refractivity contribution in [1.82, 2.24) is 4.98 Å². The first kappa shape index (κ1) is 25.8. The maximum absolute atomic E-state index is 13.3. The van der Waals surface area contributed by atoms with E-state index in [9.17, 15) is 19.2 Å². The monoisotopic (exact) mass is 512 g/mol. The molecule has 1 aliphatic carbocycles. The fraction of sp³-hybridized carbons (Fsp3) is 0.387. The normalized spacial score (nSPS) is 21.5. The summed E-state index contributed by atoms with van der Waals surface area (Å²) in [5.41, 5.74) is 1.95. The molecule has 1 aromatic heterocycles. The van der Waals surface area contributed by atoms with Gasteiger partial charge in [-0.1, -0.05) is 58.0 Å². The summed E-state index contributed by atoms with van der Waals surface area (Å²) in [4.78, 5) is 58.0. The van der Waals surface area contributed by atoms with Gasteiger partial charge in [-0.05, 0) is 49.4 Å². The summed E-state index contributed by atoms with van der Waals surface area (Å²) < 4.78 is 5.40. The van der Waals surface area contributed by atoms with Crippen LogP contribution in [0.25, 0.3) is 22.2 Å². The molecule has 0 radical (unpaired) electrons. The van der Waals surface area contributed by atoms with E-state index < -0.39 is 11.4 Å². The first-order chi connectivity index (χ1) is 18.0. The third-order valence-electron chi connectivity index (χ3n) is 7.69. The molecule has 196 valence electrons. The molecule has 2 aliphatic rings. The number of hydrogen-bond acceptors (Lipinski definition) is 6. The van der Waals surface area contributed by atoms with E-state index in [4.69, 9.17) is 9.72 Å². The lowest BCUT2D eigenvalue weighted by Crippen LogP contribution is -2.30. The van der Waals surface area contributed by atoms with E-state index >= 15 is 0 Å². The summed E-state index contributed by atoms with van der Waals surface area (Å²) in [6.45, 7) is 7.15. The Labute approximate surface area is 222 Å². The Kier molecular flexibility index (Phi) is 6.63. The molecule has 3 atom stereocenters. The Balaban J connectivity index is 1.49. The molecule has 2 aromatic carbocycles. The number of Topliss-reactive ketones (excluding diaryl/α,β-unsaturated/α-hetero) is 1. The molecular formula is C31H32N2O5. The van der Waals surface area contributed by atoms with Crippen molar-refractivity contribution >= 4 is 40.2 Å². The van der Waals surface area contributed by atoms with Crippen LogP contribution in [-0.2, 0) is 19.1 Å². The van der Waals surface area contributed by atoms with Gasteiger partial charge in [-0.2, -0.15) is 0 Å². The number of aromatic nitrogens is 1. The van der Waals surface area contributed by atoms with Crippen molar-refractivity contribution in [2.45, 2.75) is 47.0 Å². The molecule has 2 fully saturated rings. The number of pyridine rings is 1. The van der Waals surface area contributed by atoms with E-state index in [2.05, 4.69) is 6.92 Å². The zero-order chi connectivity index (χ0) is 27.2. The minimum absolute atomic E-state index is 0.136. The number of carbonyl (C=O) groups excluding carboxylic acids is 4. The molecule has 7 heteroatoms. The second-order valence-electron chi connectivity index (χ2n) is 11.5. The van der Waals surface area contributed by atoms with Crippen LogP contribution in [0.4, 0.5) is 5.69 Å². The van der Waals surface area contributed by atoms with Crippen LogP contribution < -0.4 is 4.90 Å². The molecule has 1 saturated carbocycles. The molecule has 1 aliphatic heterocycles. The number of ether oxygens (including phenoxy) is 1. The average molecular weight is 513 g/mol. The molecular weight excluding hydrogens is 480 g/mol. The van der Waals surface area contributed by atoms with Crippen LogP contribution in [0.5, 0.6) is 0 Å². The van der Waals surface area contributed by atoms with E-state index in [1.54, 1.807) is 57.2 Å². The lowest BCUT2D eigenvalue weighted by atomic mass is 9.76. The lowest BCUT2D eigenvalue weighted by Gasteiger charge is -2.25. The zero-order valence-electron chi connectivity index (χ0n) is 22.2. The summed E-state index contributed by atoms with van der Waals surface area (Å²) in [5.74, 6) is -1.14. The highest BCUT2D eigenvalue weighted by Gasteiger charge is 2.50. The number of carbonyl (C=O) groups is 4. The smallest absolute Gasteiger partial charge is 0.339 e. The number of hydrogen-bond donors (Lipinski definition) is 0. The van der Waals surface area contributed by atoms with E-state index in [1.807, 2.05) is 18.2 Å². The molecule has 0 bridgehead atoms. The second-order valence-corrected chi connectivity index (χ2v) is 11.5. The number of esters is 1. The third kappa shape index (κ3) is 4.73. The van der Waals surface area contributed by atoms with Gasteiger partial charge in [-0.3, -0.25) is 19.3 Å². The van der Waals surface area contributed by atoms with Crippen LogP contribution in [0, 0.1) is 23.2 Å². The molecule has 2 amide bonds. The predicted octanol–water partition coefficient (Wildman–Crippen LogP) is 5.60. The van der Waals surface area contributed by atoms with Crippen molar-refractivity contribution in [3.8, 4) is 11.3 Å². The van der Waals surface area contributed by atoms with Crippen LogP contribution in [0.15, 0.2) is 54.6 Å². The highest BCUT2D eigenvalue weighted by atomic mass is 16.5. The van der Waals surface area contributed by atoms with Crippen LogP contribution >= 0.6 is 0 Å². The number of fused-ring (bicyclic) bond motifs is 2. The van der Waals surface area contributed by atoms with Gasteiger partial charge < -0.3 is 4.74 Å². The summed E-state index contributed by atoms with van der Waals surface area (Å²) >= 11 is 0. The van der Waals surface area contributed by atoms with Gasteiger partial charge in [0.25, 0.3) is 0 Å². The van der Waals surface area contributed by atoms with Crippen molar-refractivity contribution in [1.29, 1.82) is 0 Å². The first-order valence-corrected chi connectivity index (χ1v) is 13.1. The first-order valence-electron chi connectivity index (χ1n) is 13.1. The minimum Gasteiger partial charge on any atom is -0.454 e. The highest BCUT2D eigenvalue weighted by molar-refractivity contribution is 6.22. The number of ketones is 1. The fourth-order valence-corrected chi connectivity index (χ4v) is 5.37. The van der Waals surface area contributed by atoms with Gasteiger partial charge in [0.05, 0.1) is 34.3 Å². The van der Waals surface area contributed by atoms with Crippen LogP contribution in [0.3, 0.4) is 0 Å². The average Bonchev–Trinajstić information content (AvgIpc) is 3.14. The van der Waals surface area contributed by atoms with Crippen molar-refractivity contribution in [2.24, 2.45) is 23.2 Å². The van der Waals surface area contributed by atoms with Gasteiger partial charge in [0, 0.05) is 16.4 Å². The van der Waals surface area contributed by atoms with Gasteiger partial charge in [-0.25, -0.2) is 9.78 Å². The van der Waals surface area contributed by atoms with E-state index in [0.717, 1.165) is 19.3 Å². The second kappa shape index (κ2) is 9.78. The summed E-state index contributed by atoms with van der Waals surface area (Å²) in [6, 6.07) is 16.0. The minimum atomic E-state index is -0.619. The van der Waals surface area contributed by atoms with Crippen molar-refractivity contribution in [3.05, 3.63) is 60.2 Å². The van der Waals surface area contributed by atoms with Gasteiger partial charge in [0.15, 0.2) is 12.4 Å². The molecule has 38 heavy (non-hydrogen) atoms. The van der Waals surface area contributed by atoms with Gasteiger partial charge >= 0.3 is 5.97 Å². The number of nitrogens with zero attached hydrogens (tertiary/aromatic N) is 2. The maximum Gasteiger partial charge on any atom is 0.339 e. The molecule has 0 unspecified atom stereocenters. The quantitative estimate of drug-likeness (QED) is 0.326. The number of anilines is 1. The zero-order valence-corrected chi connectivity index (χ0v) is 22.2. The topological polar surface area (TPSA) is 93.6 Å². The lowest BCUT2D eigenvalue weighted by molar-refractivity contribution is -0.129. The molecule has 7 nitrogen and oxygen atoms in total. The number of para-hydroxylation sites is 1. The summed E-state index contributed by atoms with van der Waals surface area (Å²) in [7, 11) is 0. The molecule has 5 rings (SSSR count). The van der Waals surface area contributed by atoms with E-state index in [0.29, 0.717) is 39.3 Å². The molecule has 2 heterocycles. The fourth-order valence-electron chi connectivity index (χ4n) is 5.37. The Bertz CT molecular complexity index is 1450. The van der Waals surface area contributed by atoms with Crippen LogP contribution in [-0.4, -0.2) is 35.2 Å². The largest absolute Gasteiger partial charge is 0.454 e. The van der Waals surface area contributed by atoms with Crippen molar-refractivity contribution < 1.29 is 23.9 Å².